The molecule has 1 aromatic heterocycles. The SMILES string of the molecule is COC(=O)c1ncn(-c2ccc(N)c(C(N)=O)c2)n1. The third-order valence-electron chi connectivity index (χ3n) is 2.43. The molecule has 19 heavy (non-hydrogen) atoms. The highest BCUT2D eigenvalue weighted by Crippen LogP contribution is 2.16. The highest BCUT2D eigenvalue weighted by atomic mass is 16.5. The van der Waals surface area contributed by atoms with E-state index in [4.69, 9.17) is 11.5 Å². The number of ether oxygens (including phenoxy) is 1. The lowest BCUT2D eigenvalue weighted by Crippen LogP contribution is -2.14. The highest BCUT2D eigenvalue weighted by Gasteiger charge is 2.13. The van der Waals surface area contributed by atoms with E-state index in [1.165, 1.54) is 30.3 Å². The van der Waals surface area contributed by atoms with Gasteiger partial charge in [-0.05, 0) is 18.2 Å². The molecule has 0 fully saturated rings. The number of nitrogens with zero attached hydrogens (tertiary/aromatic N) is 3. The molecule has 0 saturated carbocycles. The summed E-state index contributed by atoms with van der Waals surface area (Å²) in [5.74, 6) is -1.38. The van der Waals surface area contributed by atoms with Crippen molar-refractivity contribution >= 4 is 17.6 Å². The molecule has 8 nitrogen and oxygen atoms in total. The number of hydrogen-bond donors (Lipinski definition) is 2. The lowest BCUT2D eigenvalue weighted by molar-refractivity contribution is 0.0586. The molecule has 1 amide bonds. The maximum Gasteiger partial charge on any atom is 0.377 e. The predicted molar refractivity (Wildman–Crippen MR) is 65.6 cm³/mol. The number of nitrogens with two attached hydrogens (primary N) is 2. The Hall–Kier alpha value is -2.90. The van der Waals surface area contributed by atoms with E-state index >= 15 is 0 Å². The lowest BCUT2D eigenvalue weighted by Gasteiger charge is -2.05. The number of esters is 1. The lowest BCUT2D eigenvalue weighted by atomic mass is 10.1. The summed E-state index contributed by atoms with van der Waals surface area (Å²) in [6.45, 7) is 0. The van der Waals surface area contributed by atoms with Gasteiger partial charge in [0.15, 0.2) is 0 Å². The van der Waals surface area contributed by atoms with Crippen LogP contribution in [0.2, 0.25) is 0 Å². The normalized spacial score (nSPS) is 10.2. The first-order valence-corrected chi connectivity index (χ1v) is 5.22. The van der Waals surface area contributed by atoms with Crippen LogP contribution in [0.25, 0.3) is 5.69 Å². The summed E-state index contributed by atoms with van der Waals surface area (Å²) < 4.78 is 5.81. The summed E-state index contributed by atoms with van der Waals surface area (Å²) in [6.07, 6.45) is 1.32. The molecular formula is C11H11N5O3. The summed E-state index contributed by atoms with van der Waals surface area (Å²) >= 11 is 0. The van der Waals surface area contributed by atoms with Crippen LogP contribution in [0.15, 0.2) is 24.5 Å². The van der Waals surface area contributed by atoms with Crippen LogP contribution in [0.1, 0.15) is 21.0 Å². The van der Waals surface area contributed by atoms with Crippen LogP contribution in [-0.2, 0) is 4.74 Å². The maximum absolute atomic E-state index is 11.2. The Morgan fingerprint density at radius 2 is 2.11 bits per heavy atom. The zero-order valence-electron chi connectivity index (χ0n) is 10.0. The van der Waals surface area contributed by atoms with Gasteiger partial charge in [0.2, 0.25) is 0 Å². The number of rotatable bonds is 3. The monoisotopic (exact) mass is 261 g/mol. The van der Waals surface area contributed by atoms with Gasteiger partial charge >= 0.3 is 5.97 Å². The second-order valence-corrected chi connectivity index (χ2v) is 3.64. The zero-order valence-corrected chi connectivity index (χ0v) is 10.0. The van der Waals surface area contributed by atoms with Crippen LogP contribution in [0.5, 0.6) is 0 Å². The van der Waals surface area contributed by atoms with Crippen LogP contribution in [0.4, 0.5) is 5.69 Å². The molecule has 2 rings (SSSR count). The first kappa shape index (κ1) is 12.6. The van der Waals surface area contributed by atoms with E-state index in [-0.39, 0.29) is 17.1 Å². The molecule has 0 unspecified atom stereocenters. The summed E-state index contributed by atoms with van der Waals surface area (Å²) in [5, 5.41) is 3.92. The number of anilines is 1. The van der Waals surface area contributed by atoms with E-state index in [1.54, 1.807) is 6.07 Å². The molecule has 98 valence electrons. The van der Waals surface area contributed by atoms with E-state index in [9.17, 15) is 9.59 Å². The minimum Gasteiger partial charge on any atom is -0.463 e. The Bertz CT molecular complexity index is 650. The van der Waals surface area contributed by atoms with Gasteiger partial charge in [0.05, 0.1) is 18.4 Å². The average molecular weight is 261 g/mol. The summed E-state index contributed by atoms with van der Waals surface area (Å²) in [4.78, 5) is 26.2. The van der Waals surface area contributed by atoms with Crippen LogP contribution in [-0.4, -0.2) is 33.8 Å². The quantitative estimate of drug-likeness (QED) is 0.578. The second-order valence-electron chi connectivity index (χ2n) is 3.64. The second kappa shape index (κ2) is 4.77. The molecule has 4 N–H and O–H groups in total. The van der Waals surface area contributed by atoms with Crippen molar-refractivity contribution < 1.29 is 14.3 Å². The van der Waals surface area contributed by atoms with Gasteiger partial charge in [-0.15, -0.1) is 5.10 Å². The number of amides is 1. The molecule has 2 aromatic rings. The first-order chi connectivity index (χ1) is 9.02. The molecule has 0 aliphatic carbocycles. The Morgan fingerprint density at radius 1 is 1.37 bits per heavy atom. The van der Waals surface area contributed by atoms with Crippen molar-refractivity contribution in [3.05, 3.63) is 35.9 Å². The largest absolute Gasteiger partial charge is 0.463 e. The smallest absolute Gasteiger partial charge is 0.377 e. The number of hydrogen-bond acceptors (Lipinski definition) is 6. The summed E-state index contributed by atoms with van der Waals surface area (Å²) in [5.41, 5.74) is 11.8. The van der Waals surface area contributed by atoms with Crippen LogP contribution < -0.4 is 11.5 Å². The molecule has 0 aliphatic heterocycles. The third-order valence-corrected chi connectivity index (χ3v) is 2.43. The summed E-state index contributed by atoms with van der Waals surface area (Å²) in [7, 11) is 1.23. The molecule has 1 heterocycles. The number of benzene rings is 1. The van der Waals surface area contributed by atoms with Crippen LogP contribution >= 0.6 is 0 Å². The molecule has 0 atom stereocenters. The Kier molecular flexibility index (Phi) is 3.15. The van der Waals surface area contributed by atoms with Crippen molar-refractivity contribution in [2.45, 2.75) is 0 Å². The number of carbonyl (C=O) groups excluding carboxylic acids is 2. The zero-order chi connectivity index (χ0) is 14.0. The van der Waals surface area contributed by atoms with Gasteiger partial charge in [-0.25, -0.2) is 14.5 Å². The van der Waals surface area contributed by atoms with Gasteiger partial charge in [0, 0.05) is 5.69 Å². The number of methoxy groups -OCH3 is 1. The minimum absolute atomic E-state index is 0.0834. The standard InChI is InChI=1S/C11H11N5O3/c1-19-11(18)10-14-5-16(15-10)6-2-3-8(12)7(4-6)9(13)17/h2-5H,12H2,1H3,(H2,13,17). The van der Waals surface area contributed by atoms with E-state index in [1.807, 2.05) is 0 Å². The van der Waals surface area contributed by atoms with Crippen molar-refractivity contribution in [2.75, 3.05) is 12.8 Å². The van der Waals surface area contributed by atoms with Gasteiger partial charge in [0.25, 0.3) is 11.7 Å². The summed E-state index contributed by atoms with van der Waals surface area (Å²) in [6, 6.07) is 4.61. The van der Waals surface area contributed by atoms with Crippen molar-refractivity contribution in [3.63, 3.8) is 0 Å². The van der Waals surface area contributed by atoms with E-state index in [0.717, 1.165) is 0 Å². The number of primary amides is 1. The van der Waals surface area contributed by atoms with Gasteiger partial charge in [-0.1, -0.05) is 0 Å². The van der Waals surface area contributed by atoms with Gasteiger partial charge < -0.3 is 16.2 Å². The van der Waals surface area contributed by atoms with Gasteiger partial charge in [0.1, 0.15) is 6.33 Å². The molecule has 0 spiro atoms. The van der Waals surface area contributed by atoms with Gasteiger partial charge in [-0.2, -0.15) is 0 Å². The molecule has 0 bridgehead atoms. The third kappa shape index (κ3) is 2.37. The fourth-order valence-electron chi connectivity index (χ4n) is 1.47. The van der Waals surface area contributed by atoms with Crippen molar-refractivity contribution in [2.24, 2.45) is 5.73 Å². The highest BCUT2D eigenvalue weighted by molar-refractivity contribution is 5.98. The molecule has 0 radical (unpaired) electrons. The Balaban J connectivity index is 2.42. The first-order valence-electron chi connectivity index (χ1n) is 5.22. The fraction of sp³-hybridized carbons (Fsp3) is 0.0909. The molecule has 0 saturated heterocycles. The maximum atomic E-state index is 11.2. The topological polar surface area (TPSA) is 126 Å². The average Bonchev–Trinajstić information content (AvgIpc) is 2.87. The Labute approximate surface area is 108 Å². The number of nitrogen functional groups attached to an aromatic ring is 1. The van der Waals surface area contributed by atoms with E-state index < -0.39 is 11.9 Å². The predicted octanol–water partition coefficient (Wildman–Crippen LogP) is -0.265. The number of aromatic nitrogens is 3. The van der Waals surface area contributed by atoms with Crippen LogP contribution in [0.3, 0.4) is 0 Å². The minimum atomic E-state index is -0.649. The molecule has 1 aromatic carbocycles. The Morgan fingerprint density at radius 3 is 2.74 bits per heavy atom. The van der Waals surface area contributed by atoms with Crippen molar-refractivity contribution in [3.8, 4) is 5.69 Å². The molecular weight excluding hydrogens is 250 g/mol. The molecule has 8 heteroatoms. The van der Waals surface area contributed by atoms with Crippen LogP contribution in [0, 0.1) is 0 Å². The van der Waals surface area contributed by atoms with E-state index in [2.05, 4.69) is 14.8 Å². The van der Waals surface area contributed by atoms with E-state index in [0.29, 0.717) is 5.69 Å². The number of carbonyl (C=O) groups is 2. The van der Waals surface area contributed by atoms with Crippen molar-refractivity contribution in [1.82, 2.24) is 14.8 Å². The van der Waals surface area contributed by atoms with Crippen molar-refractivity contribution in [1.29, 1.82) is 0 Å². The fourth-order valence-corrected chi connectivity index (χ4v) is 1.47. The van der Waals surface area contributed by atoms with Gasteiger partial charge in [-0.3, -0.25) is 4.79 Å². The molecule has 0 aliphatic rings.